The van der Waals surface area contributed by atoms with Gasteiger partial charge in [0.15, 0.2) is 5.92 Å². The lowest BCUT2D eigenvalue weighted by Crippen LogP contribution is -2.26. The molecule has 5 nitrogen and oxygen atoms in total. The Morgan fingerprint density at radius 3 is 2.88 bits per heavy atom. The molecule has 0 bridgehead atoms. The summed E-state index contributed by atoms with van der Waals surface area (Å²) in [6.07, 6.45) is 1.56. The molecule has 0 aromatic carbocycles. The number of rotatable bonds is 3. The molecule has 0 aliphatic rings. The third kappa shape index (κ3) is 2.94. The molecule has 0 saturated heterocycles. The number of esters is 1. The second-order valence-corrected chi connectivity index (χ2v) is 4.26. The van der Waals surface area contributed by atoms with Crippen molar-refractivity contribution in [3.63, 3.8) is 0 Å². The first-order valence-electron chi connectivity index (χ1n) is 4.93. The zero-order chi connectivity index (χ0) is 13.0. The maximum absolute atomic E-state index is 11.8. The summed E-state index contributed by atoms with van der Waals surface area (Å²) in [5, 5.41) is 8.97. The number of pyridine rings is 1. The molecule has 0 amide bonds. The summed E-state index contributed by atoms with van der Waals surface area (Å²) in [5.74, 6) is -1.89. The van der Waals surface area contributed by atoms with Crippen LogP contribution in [-0.4, -0.2) is 17.1 Å². The lowest BCUT2D eigenvalue weighted by atomic mass is 10.0. The summed E-state index contributed by atoms with van der Waals surface area (Å²) in [7, 11) is 1.55. The van der Waals surface area contributed by atoms with Crippen molar-refractivity contribution in [2.24, 2.45) is 7.05 Å². The summed E-state index contributed by atoms with van der Waals surface area (Å²) < 4.78 is 6.69. The average molecular weight is 299 g/mol. The van der Waals surface area contributed by atoms with E-state index in [1.54, 1.807) is 26.2 Å². The van der Waals surface area contributed by atoms with Crippen molar-refractivity contribution in [2.75, 3.05) is 6.61 Å². The van der Waals surface area contributed by atoms with E-state index in [4.69, 9.17) is 10.00 Å². The average Bonchev–Trinajstić information content (AvgIpc) is 2.26. The monoisotopic (exact) mass is 298 g/mol. The van der Waals surface area contributed by atoms with E-state index < -0.39 is 11.9 Å². The van der Waals surface area contributed by atoms with E-state index in [-0.39, 0.29) is 17.7 Å². The van der Waals surface area contributed by atoms with Crippen molar-refractivity contribution in [2.45, 2.75) is 12.8 Å². The second-order valence-electron chi connectivity index (χ2n) is 3.34. The molecule has 1 aromatic heterocycles. The fourth-order valence-corrected chi connectivity index (χ4v) is 1.93. The largest absolute Gasteiger partial charge is 0.465 e. The van der Waals surface area contributed by atoms with Gasteiger partial charge >= 0.3 is 5.97 Å². The number of hydrogen-bond acceptors (Lipinski definition) is 4. The summed E-state index contributed by atoms with van der Waals surface area (Å²) in [6, 6.07) is 3.25. The number of aromatic nitrogens is 1. The van der Waals surface area contributed by atoms with Crippen LogP contribution < -0.4 is 5.56 Å². The van der Waals surface area contributed by atoms with Crippen molar-refractivity contribution in [1.29, 1.82) is 5.26 Å². The minimum absolute atomic E-state index is 0.114. The number of aryl methyl sites for hydroxylation is 1. The van der Waals surface area contributed by atoms with E-state index in [1.165, 1.54) is 10.6 Å². The Hall–Kier alpha value is -1.61. The van der Waals surface area contributed by atoms with E-state index in [1.807, 2.05) is 0 Å². The molecule has 0 spiro atoms. The maximum atomic E-state index is 11.8. The van der Waals surface area contributed by atoms with E-state index in [0.29, 0.717) is 4.47 Å². The molecule has 1 aromatic rings. The van der Waals surface area contributed by atoms with Gasteiger partial charge in [-0.15, -0.1) is 0 Å². The van der Waals surface area contributed by atoms with Crippen LogP contribution in [0.15, 0.2) is 21.5 Å². The molecule has 0 aliphatic heterocycles. The van der Waals surface area contributed by atoms with Gasteiger partial charge in [-0.1, -0.05) is 0 Å². The van der Waals surface area contributed by atoms with Crippen molar-refractivity contribution in [3.8, 4) is 6.07 Å². The lowest BCUT2D eigenvalue weighted by molar-refractivity contribution is -0.143. The zero-order valence-corrected chi connectivity index (χ0v) is 11.0. The molecule has 1 unspecified atom stereocenters. The van der Waals surface area contributed by atoms with Crippen LogP contribution in [0.2, 0.25) is 0 Å². The molecular weight excluding hydrogens is 288 g/mol. The van der Waals surface area contributed by atoms with Gasteiger partial charge in [0.25, 0.3) is 5.56 Å². The highest BCUT2D eigenvalue weighted by molar-refractivity contribution is 9.10. The molecule has 0 N–H and O–H groups in total. The first-order valence-corrected chi connectivity index (χ1v) is 5.72. The number of carbonyl (C=O) groups excluding carboxylic acids is 1. The molecule has 1 rings (SSSR count). The van der Waals surface area contributed by atoms with Crippen LogP contribution in [0.3, 0.4) is 0 Å². The van der Waals surface area contributed by atoms with Crippen LogP contribution in [0.1, 0.15) is 18.4 Å². The predicted molar refractivity (Wildman–Crippen MR) is 64.4 cm³/mol. The zero-order valence-electron chi connectivity index (χ0n) is 9.44. The van der Waals surface area contributed by atoms with Crippen LogP contribution in [0.5, 0.6) is 0 Å². The molecule has 0 radical (unpaired) electrons. The Labute approximate surface area is 107 Å². The highest BCUT2D eigenvalue weighted by Crippen LogP contribution is 2.17. The van der Waals surface area contributed by atoms with Gasteiger partial charge in [-0.05, 0) is 28.9 Å². The molecule has 1 heterocycles. The van der Waals surface area contributed by atoms with Gasteiger partial charge in [0.1, 0.15) is 0 Å². The number of halogens is 1. The summed E-state index contributed by atoms with van der Waals surface area (Å²) >= 11 is 3.21. The normalized spacial score (nSPS) is 11.6. The Balaban J connectivity index is 3.27. The molecular formula is C11H11BrN2O3. The van der Waals surface area contributed by atoms with Gasteiger partial charge in [-0.3, -0.25) is 9.59 Å². The van der Waals surface area contributed by atoms with Crippen molar-refractivity contribution in [3.05, 3.63) is 32.7 Å². The standard InChI is InChI=1S/C11H11BrN2O3/c1-3-17-11(16)9(5-13)8-4-7(12)6-14(2)10(8)15/h4,6,9H,3H2,1-2H3. The molecule has 6 heteroatoms. The third-order valence-electron chi connectivity index (χ3n) is 2.14. The summed E-state index contributed by atoms with van der Waals surface area (Å²) in [6.45, 7) is 1.82. The maximum Gasteiger partial charge on any atom is 0.328 e. The van der Waals surface area contributed by atoms with E-state index >= 15 is 0 Å². The van der Waals surface area contributed by atoms with Gasteiger partial charge < -0.3 is 9.30 Å². The molecule has 0 saturated carbocycles. The number of hydrogen-bond donors (Lipinski definition) is 0. The van der Waals surface area contributed by atoms with Crippen LogP contribution >= 0.6 is 15.9 Å². The van der Waals surface area contributed by atoms with Gasteiger partial charge in [0.05, 0.1) is 12.7 Å². The highest BCUT2D eigenvalue weighted by Gasteiger charge is 2.25. The van der Waals surface area contributed by atoms with Crippen LogP contribution in [0, 0.1) is 11.3 Å². The van der Waals surface area contributed by atoms with Crippen LogP contribution in [0.4, 0.5) is 0 Å². The fourth-order valence-electron chi connectivity index (χ4n) is 1.38. The van der Waals surface area contributed by atoms with Crippen molar-refractivity contribution >= 4 is 21.9 Å². The van der Waals surface area contributed by atoms with Gasteiger partial charge in [-0.25, -0.2) is 0 Å². The fraction of sp³-hybridized carbons (Fsp3) is 0.364. The van der Waals surface area contributed by atoms with E-state index in [0.717, 1.165) is 0 Å². The number of carbonyl (C=O) groups is 1. The van der Waals surface area contributed by atoms with E-state index in [2.05, 4.69) is 15.9 Å². The number of nitrogens with zero attached hydrogens (tertiary/aromatic N) is 2. The first kappa shape index (κ1) is 13.5. The third-order valence-corrected chi connectivity index (χ3v) is 2.57. The molecule has 0 aliphatic carbocycles. The summed E-state index contributed by atoms with van der Waals surface area (Å²) in [4.78, 5) is 23.4. The van der Waals surface area contributed by atoms with Gasteiger partial charge in [-0.2, -0.15) is 5.26 Å². The SMILES string of the molecule is CCOC(=O)C(C#N)c1cc(Br)cn(C)c1=O. The van der Waals surface area contributed by atoms with E-state index in [9.17, 15) is 9.59 Å². The van der Waals surface area contributed by atoms with Crippen molar-refractivity contribution < 1.29 is 9.53 Å². The Bertz CT molecular complexity index is 530. The molecule has 90 valence electrons. The van der Waals surface area contributed by atoms with Crippen LogP contribution in [-0.2, 0) is 16.6 Å². The Morgan fingerprint density at radius 1 is 1.71 bits per heavy atom. The molecule has 17 heavy (non-hydrogen) atoms. The second kappa shape index (κ2) is 5.64. The first-order chi connectivity index (χ1) is 8.01. The van der Waals surface area contributed by atoms with Gasteiger partial charge in [0.2, 0.25) is 0 Å². The minimum Gasteiger partial charge on any atom is -0.465 e. The molecule has 1 atom stereocenters. The highest BCUT2D eigenvalue weighted by atomic mass is 79.9. The number of ether oxygens (including phenoxy) is 1. The van der Waals surface area contributed by atoms with Crippen molar-refractivity contribution in [1.82, 2.24) is 4.57 Å². The molecule has 0 fully saturated rings. The quantitative estimate of drug-likeness (QED) is 0.789. The van der Waals surface area contributed by atoms with Gasteiger partial charge in [0, 0.05) is 23.3 Å². The lowest BCUT2D eigenvalue weighted by Gasteiger charge is -2.09. The smallest absolute Gasteiger partial charge is 0.328 e. The van der Waals surface area contributed by atoms with Crippen LogP contribution in [0.25, 0.3) is 0 Å². The number of nitriles is 1. The predicted octanol–water partition coefficient (Wildman–Crippen LogP) is 1.32. The Kier molecular flexibility index (Phi) is 4.46. The minimum atomic E-state index is -1.19. The topological polar surface area (TPSA) is 72.1 Å². The summed E-state index contributed by atoms with van der Waals surface area (Å²) in [5.41, 5.74) is -0.268. The Morgan fingerprint density at radius 2 is 2.35 bits per heavy atom.